The van der Waals surface area contributed by atoms with Crippen molar-refractivity contribution in [2.75, 3.05) is 0 Å². The molecule has 0 spiro atoms. The topological polar surface area (TPSA) is 17.1 Å². The molecule has 1 fully saturated rings. The van der Waals surface area contributed by atoms with Crippen LogP contribution in [0, 0.1) is 10.8 Å². The van der Waals surface area contributed by atoms with Gasteiger partial charge in [-0.15, -0.1) is 0 Å². The highest BCUT2D eigenvalue weighted by Gasteiger charge is 2.43. The molecule has 0 aliphatic heterocycles. The lowest BCUT2D eigenvalue weighted by Gasteiger charge is -2.38. The molecule has 1 rings (SSSR count). The maximum absolute atomic E-state index is 11.4. The van der Waals surface area contributed by atoms with Crippen LogP contribution in [0.2, 0.25) is 0 Å². The highest BCUT2D eigenvalue weighted by atomic mass is 16.1. The normalized spacial score (nSPS) is 29.4. The van der Waals surface area contributed by atoms with Gasteiger partial charge in [0.1, 0.15) is 0 Å². The van der Waals surface area contributed by atoms with E-state index in [1.165, 1.54) is 19.3 Å². The third kappa shape index (κ3) is 2.56. The number of Topliss-reactive ketones (excluding diaryl/α,β-unsaturated/α-hetero) is 1. The van der Waals surface area contributed by atoms with Crippen molar-refractivity contribution in [1.29, 1.82) is 0 Å². The minimum Gasteiger partial charge on any atom is -0.295 e. The zero-order valence-electron chi connectivity index (χ0n) is 11.5. The van der Waals surface area contributed by atoms with Crippen LogP contribution < -0.4 is 0 Å². The van der Waals surface area contributed by atoms with Crippen molar-refractivity contribution in [3.8, 4) is 0 Å². The molecule has 0 N–H and O–H groups in total. The van der Waals surface area contributed by atoms with Crippen molar-refractivity contribution in [1.82, 2.24) is 0 Å². The van der Waals surface area contributed by atoms with Crippen LogP contribution in [0.5, 0.6) is 0 Å². The summed E-state index contributed by atoms with van der Waals surface area (Å²) in [5, 5.41) is 0. The zero-order valence-corrected chi connectivity index (χ0v) is 11.5. The van der Waals surface area contributed by atoms with Crippen LogP contribution in [-0.4, -0.2) is 5.78 Å². The van der Waals surface area contributed by atoms with Crippen LogP contribution in [0.1, 0.15) is 66.7 Å². The molecule has 0 heterocycles. The van der Waals surface area contributed by atoms with Crippen molar-refractivity contribution in [3.05, 3.63) is 11.6 Å². The summed E-state index contributed by atoms with van der Waals surface area (Å²) < 4.78 is 0. The zero-order chi connectivity index (χ0) is 12.4. The van der Waals surface area contributed by atoms with Gasteiger partial charge in [-0.1, -0.05) is 40.2 Å². The molecule has 1 unspecified atom stereocenters. The smallest absolute Gasteiger partial charge is 0.155 e. The van der Waals surface area contributed by atoms with Crippen LogP contribution >= 0.6 is 0 Å². The van der Waals surface area contributed by atoms with Gasteiger partial charge in [-0.25, -0.2) is 0 Å². The molecule has 0 aromatic carbocycles. The fraction of sp³-hybridized carbons (Fsp3) is 0.800. The van der Waals surface area contributed by atoms with Gasteiger partial charge in [-0.3, -0.25) is 4.79 Å². The first-order chi connectivity index (χ1) is 7.32. The van der Waals surface area contributed by atoms with E-state index in [9.17, 15) is 4.79 Å². The first-order valence-corrected chi connectivity index (χ1v) is 6.52. The van der Waals surface area contributed by atoms with E-state index in [-0.39, 0.29) is 5.78 Å². The Hall–Kier alpha value is -0.590. The maximum atomic E-state index is 11.4. The second-order valence-corrected chi connectivity index (χ2v) is 6.14. The van der Waals surface area contributed by atoms with Gasteiger partial charge in [-0.2, -0.15) is 0 Å². The summed E-state index contributed by atoms with van der Waals surface area (Å²) in [5.41, 5.74) is 1.80. The number of carbonyl (C=O) groups is 1. The third-order valence-corrected chi connectivity index (χ3v) is 4.80. The maximum Gasteiger partial charge on any atom is 0.155 e. The molecule has 0 aromatic heterocycles. The van der Waals surface area contributed by atoms with Crippen molar-refractivity contribution in [2.24, 2.45) is 10.8 Å². The SMILES string of the molecule is CCC(=CCC1(C)CCCC1(C)C)C(C)=O. The monoisotopic (exact) mass is 222 g/mol. The molecule has 92 valence electrons. The van der Waals surface area contributed by atoms with Gasteiger partial charge >= 0.3 is 0 Å². The first kappa shape index (κ1) is 13.5. The Morgan fingerprint density at radius 3 is 2.25 bits per heavy atom. The molecule has 0 bridgehead atoms. The third-order valence-electron chi connectivity index (χ3n) is 4.80. The molecule has 0 aromatic rings. The summed E-state index contributed by atoms with van der Waals surface area (Å²) in [6.45, 7) is 10.9. The van der Waals surface area contributed by atoms with Crippen LogP contribution in [0.25, 0.3) is 0 Å². The largest absolute Gasteiger partial charge is 0.295 e. The number of carbonyl (C=O) groups excluding carboxylic acids is 1. The molecule has 1 heteroatoms. The summed E-state index contributed by atoms with van der Waals surface area (Å²) in [6.07, 6.45) is 8.06. The van der Waals surface area contributed by atoms with Gasteiger partial charge in [0.2, 0.25) is 0 Å². The Morgan fingerprint density at radius 2 is 1.88 bits per heavy atom. The Bertz CT molecular complexity index is 299. The lowest BCUT2D eigenvalue weighted by atomic mass is 9.67. The number of hydrogen-bond donors (Lipinski definition) is 0. The molecular weight excluding hydrogens is 196 g/mol. The van der Waals surface area contributed by atoms with Crippen LogP contribution in [0.4, 0.5) is 0 Å². The second kappa shape index (κ2) is 4.73. The van der Waals surface area contributed by atoms with Crippen molar-refractivity contribution in [2.45, 2.75) is 66.7 Å². The summed E-state index contributed by atoms with van der Waals surface area (Å²) in [5.74, 6) is 0.238. The fourth-order valence-electron chi connectivity index (χ4n) is 2.82. The van der Waals surface area contributed by atoms with Crippen LogP contribution in [0.15, 0.2) is 11.6 Å². The van der Waals surface area contributed by atoms with E-state index < -0.39 is 0 Å². The number of rotatable bonds is 4. The standard InChI is InChI=1S/C15H26O/c1-6-13(12(2)16)8-11-15(5)10-7-9-14(15,3)4/h8H,6-7,9-11H2,1-5H3. The van der Waals surface area contributed by atoms with E-state index >= 15 is 0 Å². The van der Waals surface area contributed by atoms with Crippen molar-refractivity contribution in [3.63, 3.8) is 0 Å². The molecule has 0 amide bonds. The van der Waals surface area contributed by atoms with E-state index in [1.54, 1.807) is 6.92 Å². The summed E-state index contributed by atoms with van der Waals surface area (Å²) in [7, 11) is 0. The predicted octanol–water partition coefficient (Wildman–Crippen LogP) is 4.52. The van der Waals surface area contributed by atoms with Crippen LogP contribution in [-0.2, 0) is 4.79 Å². The molecular formula is C15H26O. The lowest BCUT2D eigenvalue weighted by molar-refractivity contribution is -0.113. The fourth-order valence-corrected chi connectivity index (χ4v) is 2.82. The molecule has 1 aliphatic carbocycles. The van der Waals surface area contributed by atoms with E-state index in [1.807, 2.05) is 0 Å². The Labute approximate surface area is 100 Å². The number of allylic oxidation sites excluding steroid dienone is 2. The van der Waals surface area contributed by atoms with Gasteiger partial charge in [0.05, 0.1) is 0 Å². The summed E-state index contributed by atoms with van der Waals surface area (Å²) >= 11 is 0. The minimum atomic E-state index is 0.238. The average Bonchev–Trinajstić information content (AvgIpc) is 2.42. The van der Waals surface area contributed by atoms with Gasteiger partial charge in [0, 0.05) is 0 Å². The van der Waals surface area contributed by atoms with Crippen molar-refractivity contribution >= 4 is 5.78 Å². The molecule has 16 heavy (non-hydrogen) atoms. The number of ketones is 1. The Kier molecular flexibility index (Phi) is 3.98. The highest BCUT2D eigenvalue weighted by Crippen LogP contribution is 2.54. The number of hydrogen-bond acceptors (Lipinski definition) is 1. The molecule has 0 saturated heterocycles. The quantitative estimate of drug-likeness (QED) is 0.639. The molecule has 1 atom stereocenters. The molecule has 1 nitrogen and oxygen atoms in total. The van der Waals surface area contributed by atoms with E-state index in [0.29, 0.717) is 10.8 Å². The second-order valence-electron chi connectivity index (χ2n) is 6.14. The average molecular weight is 222 g/mol. The van der Waals surface area contributed by atoms with Crippen LogP contribution in [0.3, 0.4) is 0 Å². The van der Waals surface area contributed by atoms with Gasteiger partial charge in [0.15, 0.2) is 5.78 Å². The summed E-state index contributed by atoms with van der Waals surface area (Å²) in [6, 6.07) is 0. The van der Waals surface area contributed by atoms with Gasteiger partial charge < -0.3 is 0 Å². The molecule has 0 radical (unpaired) electrons. The van der Waals surface area contributed by atoms with Gasteiger partial charge in [0.25, 0.3) is 0 Å². The molecule has 1 aliphatic rings. The predicted molar refractivity (Wildman–Crippen MR) is 69.4 cm³/mol. The summed E-state index contributed by atoms with van der Waals surface area (Å²) in [4.78, 5) is 11.4. The lowest BCUT2D eigenvalue weighted by Crippen LogP contribution is -2.29. The van der Waals surface area contributed by atoms with E-state index in [0.717, 1.165) is 18.4 Å². The van der Waals surface area contributed by atoms with Crippen molar-refractivity contribution < 1.29 is 4.79 Å². The Morgan fingerprint density at radius 1 is 1.25 bits per heavy atom. The minimum absolute atomic E-state index is 0.238. The highest BCUT2D eigenvalue weighted by molar-refractivity contribution is 5.93. The van der Waals surface area contributed by atoms with E-state index in [2.05, 4.69) is 33.8 Å². The van der Waals surface area contributed by atoms with Gasteiger partial charge in [-0.05, 0) is 49.0 Å². The Balaban J connectivity index is 2.77. The van der Waals surface area contributed by atoms with E-state index in [4.69, 9.17) is 0 Å². The molecule has 1 saturated carbocycles. The first-order valence-electron chi connectivity index (χ1n) is 6.52.